The van der Waals surface area contributed by atoms with Crippen molar-refractivity contribution >= 4 is 21.6 Å². The second kappa shape index (κ2) is 7.40. The molecular weight excluding hydrogens is 292 g/mol. The smallest absolute Gasteiger partial charge is 0.101 e. The zero-order chi connectivity index (χ0) is 13.5. The molecule has 1 rings (SSSR count). The third kappa shape index (κ3) is 4.01. The number of hydrogen-bond acceptors (Lipinski definition) is 3. The molecule has 0 saturated heterocycles. The van der Waals surface area contributed by atoms with Crippen LogP contribution in [0.1, 0.15) is 32.3 Å². The molecule has 0 bridgehead atoms. The summed E-state index contributed by atoms with van der Waals surface area (Å²) >= 11 is 3.33. The van der Waals surface area contributed by atoms with Crippen LogP contribution in [-0.2, 0) is 0 Å². The molecule has 18 heavy (non-hydrogen) atoms. The van der Waals surface area contributed by atoms with E-state index >= 15 is 0 Å². The second-order valence-corrected chi connectivity index (χ2v) is 5.24. The van der Waals surface area contributed by atoms with Crippen molar-refractivity contribution in [2.75, 3.05) is 11.9 Å². The van der Waals surface area contributed by atoms with Gasteiger partial charge in [-0.1, -0.05) is 42.6 Å². The van der Waals surface area contributed by atoms with Crippen LogP contribution in [0.5, 0.6) is 0 Å². The quantitative estimate of drug-likeness (QED) is 0.845. The predicted octanol–water partition coefficient (Wildman–Crippen LogP) is 3.53. The molecule has 98 valence electrons. The highest BCUT2D eigenvalue weighted by molar-refractivity contribution is 9.10. The van der Waals surface area contributed by atoms with Gasteiger partial charge in [-0.2, -0.15) is 5.26 Å². The minimum atomic E-state index is -0.379. The van der Waals surface area contributed by atoms with Crippen LogP contribution in [0.2, 0.25) is 0 Å². The topological polar surface area (TPSA) is 56.0 Å². The third-order valence-electron chi connectivity index (χ3n) is 3.20. The third-order valence-corrected chi connectivity index (χ3v) is 3.69. The SMILES string of the molecule is CCC(CC)C(O)CNc1ccc(Br)cc1C#N. The van der Waals surface area contributed by atoms with Crippen LogP contribution in [0.3, 0.4) is 0 Å². The lowest BCUT2D eigenvalue weighted by Gasteiger charge is -2.21. The van der Waals surface area contributed by atoms with Gasteiger partial charge in [-0.25, -0.2) is 0 Å². The maximum atomic E-state index is 10.0. The summed E-state index contributed by atoms with van der Waals surface area (Å²) in [6.07, 6.45) is 1.55. The molecule has 0 spiro atoms. The molecule has 0 aromatic heterocycles. The Morgan fingerprint density at radius 3 is 2.61 bits per heavy atom. The molecular formula is C14H19BrN2O. The number of aliphatic hydroxyl groups is 1. The van der Waals surface area contributed by atoms with Crippen LogP contribution >= 0.6 is 15.9 Å². The van der Waals surface area contributed by atoms with Gasteiger partial charge < -0.3 is 10.4 Å². The lowest BCUT2D eigenvalue weighted by molar-refractivity contribution is 0.114. The van der Waals surface area contributed by atoms with Crippen molar-refractivity contribution in [2.24, 2.45) is 5.92 Å². The summed E-state index contributed by atoms with van der Waals surface area (Å²) in [6, 6.07) is 7.64. The number of rotatable bonds is 6. The molecule has 0 radical (unpaired) electrons. The lowest BCUT2D eigenvalue weighted by Crippen LogP contribution is -2.27. The predicted molar refractivity (Wildman–Crippen MR) is 77.4 cm³/mol. The monoisotopic (exact) mass is 310 g/mol. The summed E-state index contributed by atoms with van der Waals surface area (Å²) in [4.78, 5) is 0. The van der Waals surface area contributed by atoms with Crippen LogP contribution in [0, 0.1) is 17.2 Å². The Morgan fingerprint density at radius 2 is 2.06 bits per heavy atom. The first-order chi connectivity index (χ1) is 8.62. The Bertz CT molecular complexity index is 424. The van der Waals surface area contributed by atoms with E-state index in [2.05, 4.69) is 41.2 Å². The summed E-state index contributed by atoms with van der Waals surface area (Å²) < 4.78 is 0.880. The van der Waals surface area contributed by atoms with E-state index in [9.17, 15) is 5.11 Å². The maximum Gasteiger partial charge on any atom is 0.101 e. The maximum absolute atomic E-state index is 10.0. The fraction of sp³-hybridized carbons (Fsp3) is 0.500. The fourth-order valence-corrected chi connectivity index (χ4v) is 2.34. The summed E-state index contributed by atoms with van der Waals surface area (Å²) in [5.41, 5.74) is 1.35. The molecule has 1 atom stereocenters. The molecule has 0 saturated carbocycles. The van der Waals surface area contributed by atoms with Crippen molar-refractivity contribution in [1.29, 1.82) is 5.26 Å². The summed E-state index contributed by atoms with van der Waals surface area (Å²) in [5, 5.41) is 22.2. The van der Waals surface area contributed by atoms with E-state index in [1.807, 2.05) is 12.1 Å². The summed E-state index contributed by atoms with van der Waals surface area (Å²) in [7, 11) is 0. The van der Waals surface area contributed by atoms with Crippen LogP contribution < -0.4 is 5.32 Å². The Balaban J connectivity index is 2.66. The lowest BCUT2D eigenvalue weighted by atomic mass is 9.96. The van der Waals surface area contributed by atoms with Gasteiger partial charge >= 0.3 is 0 Å². The number of nitrogens with zero attached hydrogens (tertiary/aromatic N) is 1. The van der Waals surface area contributed by atoms with E-state index in [4.69, 9.17) is 5.26 Å². The van der Waals surface area contributed by atoms with Crippen LogP contribution in [0.15, 0.2) is 22.7 Å². The Morgan fingerprint density at radius 1 is 1.39 bits per heavy atom. The summed E-state index contributed by atoms with van der Waals surface area (Å²) in [5.74, 6) is 0.304. The minimum Gasteiger partial charge on any atom is -0.391 e. The van der Waals surface area contributed by atoms with Crippen molar-refractivity contribution in [2.45, 2.75) is 32.8 Å². The van der Waals surface area contributed by atoms with Gasteiger partial charge in [0.1, 0.15) is 6.07 Å². The number of hydrogen-bond donors (Lipinski definition) is 2. The van der Waals surface area contributed by atoms with Gasteiger partial charge in [0.15, 0.2) is 0 Å². The van der Waals surface area contributed by atoms with Crippen molar-refractivity contribution < 1.29 is 5.11 Å². The zero-order valence-corrected chi connectivity index (χ0v) is 12.4. The standard InChI is InChI=1S/C14H19BrN2O/c1-3-10(4-2)14(18)9-17-13-6-5-12(15)7-11(13)8-16/h5-7,10,14,17-18H,3-4,9H2,1-2H3. The first kappa shape index (κ1) is 15.0. The normalized spacial score (nSPS) is 12.2. The zero-order valence-electron chi connectivity index (χ0n) is 10.8. The van der Waals surface area contributed by atoms with Crippen LogP contribution in [0.25, 0.3) is 0 Å². The van der Waals surface area contributed by atoms with E-state index in [0.717, 1.165) is 23.0 Å². The van der Waals surface area contributed by atoms with E-state index in [0.29, 0.717) is 18.0 Å². The highest BCUT2D eigenvalue weighted by atomic mass is 79.9. The largest absolute Gasteiger partial charge is 0.391 e. The molecule has 1 unspecified atom stereocenters. The average molecular weight is 311 g/mol. The van der Waals surface area contributed by atoms with Gasteiger partial charge in [0, 0.05) is 11.0 Å². The highest BCUT2D eigenvalue weighted by Crippen LogP contribution is 2.21. The van der Waals surface area contributed by atoms with Gasteiger partial charge in [0.2, 0.25) is 0 Å². The van der Waals surface area contributed by atoms with Crippen molar-refractivity contribution in [3.63, 3.8) is 0 Å². The first-order valence-electron chi connectivity index (χ1n) is 6.23. The van der Waals surface area contributed by atoms with Gasteiger partial charge in [-0.15, -0.1) is 0 Å². The number of aliphatic hydroxyl groups excluding tert-OH is 1. The van der Waals surface area contributed by atoms with Gasteiger partial charge in [0.25, 0.3) is 0 Å². The fourth-order valence-electron chi connectivity index (χ4n) is 1.98. The van der Waals surface area contributed by atoms with E-state index < -0.39 is 0 Å². The molecule has 4 heteroatoms. The number of nitrogens with one attached hydrogen (secondary N) is 1. The Hall–Kier alpha value is -1.05. The molecule has 0 aliphatic rings. The molecule has 3 nitrogen and oxygen atoms in total. The van der Waals surface area contributed by atoms with Crippen molar-refractivity contribution in [1.82, 2.24) is 0 Å². The second-order valence-electron chi connectivity index (χ2n) is 4.33. The first-order valence-corrected chi connectivity index (χ1v) is 7.03. The molecule has 0 fully saturated rings. The molecule has 0 heterocycles. The van der Waals surface area contributed by atoms with Crippen molar-refractivity contribution in [3.8, 4) is 6.07 Å². The molecule has 0 amide bonds. The molecule has 1 aromatic carbocycles. The number of benzene rings is 1. The molecule has 2 N–H and O–H groups in total. The van der Waals surface area contributed by atoms with E-state index in [1.165, 1.54) is 0 Å². The summed E-state index contributed by atoms with van der Waals surface area (Å²) in [6.45, 7) is 4.64. The molecule has 1 aromatic rings. The molecule has 0 aliphatic carbocycles. The number of nitriles is 1. The van der Waals surface area contributed by atoms with E-state index in [-0.39, 0.29) is 6.10 Å². The highest BCUT2D eigenvalue weighted by Gasteiger charge is 2.15. The molecule has 0 aliphatic heterocycles. The van der Waals surface area contributed by atoms with Crippen LogP contribution in [0.4, 0.5) is 5.69 Å². The Labute approximate surface area is 117 Å². The van der Waals surface area contributed by atoms with E-state index in [1.54, 1.807) is 6.07 Å². The number of anilines is 1. The average Bonchev–Trinajstić information content (AvgIpc) is 2.38. The van der Waals surface area contributed by atoms with Crippen LogP contribution in [-0.4, -0.2) is 17.8 Å². The van der Waals surface area contributed by atoms with Crippen molar-refractivity contribution in [3.05, 3.63) is 28.2 Å². The van der Waals surface area contributed by atoms with Gasteiger partial charge in [-0.05, 0) is 24.1 Å². The Kier molecular flexibility index (Phi) is 6.17. The minimum absolute atomic E-state index is 0.304. The number of halogens is 1. The van der Waals surface area contributed by atoms with Gasteiger partial charge in [0.05, 0.1) is 17.4 Å². The van der Waals surface area contributed by atoms with Gasteiger partial charge in [-0.3, -0.25) is 0 Å².